The lowest BCUT2D eigenvalue weighted by Crippen LogP contribution is -2.46. The van der Waals surface area contributed by atoms with Crippen molar-refractivity contribution in [2.75, 3.05) is 36.4 Å². The van der Waals surface area contributed by atoms with Crippen LogP contribution in [0.4, 0.5) is 10.9 Å². The smallest absolute Gasteiger partial charge is 0.216 e. The first-order valence-electron chi connectivity index (χ1n) is 12.5. The summed E-state index contributed by atoms with van der Waals surface area (Å²) in [7, 11) is 0. The fourth-order valence-electron chi connectivity index (χ4n) is 5.18. The third-order valence-electron chi connectivity index (χ3n) is 7.23. The molecular weight excluding hydrogens is 440 g/mol. The summed E-state index contributed by atoms with van der Waals surface area (Å²) in [5.74, 6) is 1.05. The van der Waals surface area contributed by atoms with E-state index in [-0.39, 0.29) is 0 Å². The number of piperazine rings is 1. The first kappa shape index (κ1) is 21.6. The van der Waals surface area contributed by atoms with E-state index in [1.807, 2.05) is 0 Å². The lowest BCUT2D eigenvalue weighted by atomic mass is 10.1. The molecule has 1 aliphatic heterocycles. The Hall–Kier alpha value is -2.90. The van der Waals surface area contributed by atoms with Gasteiger partial charge in [0.2, 0.25) is 10.1 Å². The van der Waals surface area contributed by atoms with E-state index in [1.54, 1.807) is 11.3 Å². The van der Waals surface area contributed by atoms with Crippen LogP contribution in [-0.2, 0) is 6.54 Å². The van der Waals surface area contributed by atoms with Gasteiger partial charge in [0.25, 0.3) is 0 Å². The van der Waals surface area contributed by atoms with Crippen molar-refractivity contribution in [3.8, 4) is 11.3 Å². The maximum Gasteiger partial charge on any atom is 0.216 e. The van der Waals surface area contributed by atoms with Gasteiger partial charge in [-0.3, -0.25) is 4.90 Å². The Kier molecular flexibility index (Phi) is 5.97. The second kappa shape index (κ2) is 9.39. The molecule has 1 saturated carbocycles. The lowest BCUT2D eigenvalue weighted by molar-refractivity contribution is 0.249. The van der Waals surface area contributed by atoms with Gasteiger partial charge in [-0.2, -0.15) is 4.52 Å². The molecule has 1 aliphatic carbocycles. The summed E-state index contributed by atoms with van der Waals surface area (Å²) in [5, 5.41) is 9.95. The van der Waals surface area contributed by atoms with Gasteiger partial charge in [-0.25, -0.2) is 4.98 Å². The third kappa shape index (κ3) is 4.30. The van der Waals surface area contributed by atoms with Crippen LogP contribution in [0.15, 0.2) is 54.6 Å². The van der Waals surface area contributed by atoms with Gasteiger partial charge < -0.3 is 10.2 Å². The molecule has 6 nitrogen and oxygen atoms in total. The molecule has 0 atom stereocenters. The molecule has 0 unspecified atom stereocenters. The molecule has 7 heteroatoms. The second-order valence-corrected chi connectivity index (χ2v) is 10.5. The lowest BCUT2D eigenvalue weighted by Gasteiger charge is -2.34. The highest BCUT2D eigenvalue weighted by molar-refractivity contribution is 7.20. The van der Waals surface area contributed by atoms with Crippen LogP contribution in [-0.4, -0.2) is 51.7 Å². The molecule has 2 aromatic carbocycles. The Labute approximate surface area is 205 Å². The highest BCUT2D eigenvalue weighted by atomic mass is 32.1. The van der Waals surface area contributed by atoms with Crippen molar-refractivity contribution >= 4 is 27.2 Å². The zero-order chi connectivity index (χ0) is 22.9. The van der Waals surface area contributed by atoms with E-state index in [4.69, 9.17) is 10.1 Å². The molecule has 0 bridgehead atoms. The SMILES string of the molecule is Cc1ccccc1CN1CCN(c2nn3c(NC4CCCC4)c(-c4ccccc4)nc3s2)CC1. The predicted molar refractivity (Wildman–Crippen MR) is 141 cm³/mol. The molecule has 6 rings (SSSR count). The van der Waals surface area contributed by atoms with E-state index in [1.165, 1.54) is 36.8 Å². The largest absolute Gasteiger partial charge is 0.365 e. The Morgan fingerprint density at radius 1 is 0.941 bits per heavy atom. The number of fused-ring (bicyclic) bond motifs is 1. The molecule has 34 heavy (non-hydrogen) atoms. The minimum Gasteiger partial charge on any atom is -0.365 e. The second-order valence-electron chi connectivity index (χ2n) is 9.57. The summed E-state index contributed by atoms with van der Waals surface area (Å²) in [6.07, 6.45) is 5.05. The number of benzene rings is 2. The number of aromatic nitrogens is 3. The van der Waals surface area contributed by atoms with E-state index in [9.17, 15) is 0 Å². The molecule has 2 aromatic heterocycles. The van der Waals surface area contributed by atoms with E-state index in [0.717, 1.165) is 59.9 Å². The van der Waals surface area contributed by atoms with Crippen LogP contribution in [0.3, 0.4) is 0 Å². The summed E-state index contributed by atoms with van der Waals surface area (Å²) in [4.78, 5) is 11.0. The summed E-state index contributed by atoms with van der Waals surface area (Å²) in [6, 6.07) is 19.7. The van der Waals surface area contributed by atoms with Gasteiger partial charge in [-0.15, -0.1) is 5.10 Å². The zero-order valence-corrected chi connectivity index (χ0v) is 20.6. The number of hydrogen-bond donors (Lipinski definition) is 1. The molecule has 176 valence electrons. The average Bonchev–Trinajstić information content (AvgIpc) is 3.60. The standard InChI is InChI=1S/C27H32N6S/c1-20-9-5-6-12-22(20)19-31-15-17-32(18-16-31)27-30-33-25(28-23-13-7-8-14-23)24(29-26(33)34-27)21-10-3-2-4-11-21/h2-6,9-12,23,28H,7-8,13-19H2,1H3. The van der Waals surface area contributed by atoms with Gasteiger partial charge in [0.15, 0.2) is 5.82 Å². The number of imidazole rings is 1. The van der Waals surface area contributed by atoms with E-state index in [0.29, 0.717) is 6.04 Å². The third-order valence-corrected chi connectivity index (χ3v) is 8.20. The van der Waals surface area contributed by atoms with Gasteiger partial charge >= 0.3 is 0 Å². The van der Waals surface area contributed by atoms with Crippen LogP contribution in [0, 0.1) is 6.92 Å². The number of nitrogens with zero attached hydrogens (tertiary/aromatic N) is 5. The molecule has 1 saturated heterocycles. The molecule has 0 radical (unpaired) electrons. The van der Waals surface area contributed by atoms with E-state index in [2.05, 4.69) is 81.2 Å². The van der Waals surface area contributed by atoms with Gasteiger partial charge in [0.05, 0.1) is 0 Å². The Balaban J connectivity index is 1.22. The minimum absolute atomic E-state index is 0.512. The quantitative estimate of drug-likeness (QED) is 0.405. The number of rotatable bonds is 6. The van der Waals surface area contributed by atoms with Crippen LogP contribution < -0.4 is 10.2 Å². The van der Waals surface area contributed by atoms with Crippen molar-refractivity contribution in [3.05, 3.63) is 65.7 Å². The zero-order valence-electron chi connectivity index (χ0n) is 19.8. The predicted octanol–water partition coefficient (Wildman–Crippen LogP) is 5.44. The van der Waals surface area contributed by atoms with Crippen LogP contribution in [0.1, 0.15) is 36.8 Å². The van der Waals surface area contributed by atoms with Crippen LogP contribution in [0.25, 0.3) is 16.2 Å². The molecule has 1 N–H and O–H groups in total. The van der Waals surface area contributed by atoms with Gasteiger partial charge in [0, 0.05) is 44.3 Å². The fraction of sp³-hybridized carbons (Fsp3) is 0.407. The topological polar surface area (TPSA) is 48.7 Å². The summed E-state index contributed by atoms with van der Waals surface area (Å²) >= 11 is 1.71. The van der Waals surface area contributed by atoms with Gasteiger partial charge in [-0.05, 0) is 30.9 Å². The van der Waals surface area contributed by atoms with Crippen LogP contribution in [0.5, 0.6) is 0 Å². The molecule has 0 spiro atoms. The maximum atomic E-state index is 5.07. The molecular formula is C27H32N6S. The summed E-state index contributed by atoms with van der Waals surface area (Å²) < 4.78 is 2.06. The van der Waals surface area contributed by atoms with Crippen molar-refractivity contribution in [2.45, 2.75) is 45.2 Å². The minimum atomic E-state index is 0.512. The van der Waals surface area contributed by atoms with Gasteiger partial charge in [-0.1, -0.05) is 78.8 Å². The Bertz CT molecular complexity index is 1250. The Morgan fingerprint density at radius 2 is 1.68 bits per heavy atom. The van der Waals surface area contributed by atoms with Crippen molar-refractivity contribution in [3.63, 3.8) is 0 Å². The first-order chi connectivity index (χ1) is 16.7. The number of hydrogen-bond acceptors (Lipinski definition) is 6. The summed E-state index contributed by atoms with van der Waals surface area (Å²) in [6.45, 7) is 7.34. The van der Waals surface area contributed by atoms with Crippen LogP contribution in [0.2, 0.25) is 0 Å². The number of nitrogens with one attached hydrogen (secondary N) is 1. The molecule has 3 heterocycles. The van der Waals surface area contributed by atoms with Crippen molar-refractivity contribution in [1.29, 1.82) is 0 Å². The van der Waals surface area contributed by atoms with Crippen LogP contribution >= 0.6 is 11.3 Å². The highest BCUT2D eigenvalue weighted by Gasteiger charge is 2.25. The normalized spacial score (nSPS) is 17.6. The monoisotopic (exact) mass is 472 g/mol. The molecule has 2 aliphatic rings. The number of aryl methyl sites for hydroxylation is 1. The molecule has 4 aromatic rings. The number of anilines is 2. The van der Waals surface area contributed by atoms with Crippen molar-refractivity contribution in [1.82, 2.24) is 19.5 Å². The van der Waals surface area contributed by atoms with Crippen molar-refractivity contribution < 1.29 is 0 Å². The molecule has 2 fully saturated rings. The Morgan fingerprint density at radius 3 is 2.44 bits per heavy atom. The first-order valence-corrected chi connectivity index (χ1v) is 13.3. The van der Waals surface area contributed by atoms with E-state index >= 15 is 0 Å². The van der Waals surface area contributed by atoms with E-state index < -0.39 is 0 Å². The highest BCUT2D eigenvalue weighted by Crippen LogP contribution is 2.35. The summed E-state index contributed by atoms with van der Waals surface area (Å²) in [5.41, 5.74) is 4.97. The molecule has 0 amide bonds. The average molecular weight is 473 g/mol. The van der Waals surface area contributed by atoms with Crippen molar-refractivity contribution in [2.24, 2.45) is 0 Å². The van der Waals surface area contributed by atoms with Gasteiger partial charge in [0.1, 0.15) is 5.69 Å². The maximum absolute atomic E-state index is 5.07. The fourth-order valence-corrected chi connectivity index (χ4v) is 6.14.